The van der Waals surface area contributed by atoms with Gasteiger partial charge in [0.1, 0.15) is 0 Å². The first-order chi connectivity index (χ1) is 8.67. The van der Waals surface area contributed by atoms with E-state index < -0.39 is 20.8 Å². The fourth-order valence-electron chi connectivity index (χ4n) is 2.43. The van der Waals surface area contributed by atoms with Crippen LogP contribution in [-0.2, 0) is 33.7 Å². The molecule has 0 aromatic heterocycles. The Hall–Kier alpha value is 0.423. The summed E-state index contributed by atoms with van der Waals surface area (Å²) in [5.74, 6) is 0. The van der Waals surface area contributed by atoms with Crippen molar-refractivity contribution in [3.8, 4) is 0 Å². The van der Waals surface area contributed by atoms with Gasteiger partial charge in [0.15, 0.2) is 0 Å². The van der Waals surface area contributed by atoms with Crippen LogP contribution in [0.2, 0.25) is 0 Å². The van der Waals surface area contributed by atoms with Gasteiger partial charge in [-0.3, -0.25) is 0 Å². The third-order valence-corrected chi connectivity index (χ3v) is 3.41. The molecule has 3 heteroatoms. The molecule has 2 rings (SSSR count). The number of allylic oxidation sites excluding steroid dienone is 1. The van der Waals surface area contributed by atoms with E-state index in [0.29, 0.717) is 0 Å². The number of aryl methyl sites for hydroxylation is 2. The first kappa shape index (κ1) is 16.5. The fourth-order valence-corrected chi connectivity index (χ4v) is 2.43. The van der Waals surface area contributed by atoms with Crippen molar-refractivity contribution in [1.29, 1.82) is 0 Å². The van der Waals surface area contributed by atoms with Crippen molar-refractivity contribution in [3.63, 3.8) is 0 Å². The van der Waals surface area contributed by atoms with Crippen LogP contribution in [0.25, 0.3) is 6.08 Å². The number of hydrogen-bond acceptors (Lipinski definition) is 0. The van der Waals surface area contributed by atoms with Crippen LogP contribution in [0.3, 0.4) is 0 Å². The summed E-state index contributed by atoms with van der Waals surface area (Å²) in [6.45, 7) is 6.75. The summed E-state index contributed by atoms with van der Waals surface area (Å²) in [7, 11) is 9.87. The molecule has 0 amide bonds. The fraction of sp³-hybridized carbons (Fsp3) is 0.467. The topological polar surface area (TPSA) is 0 Å². The van der Waals surface area contributed by atoms with Gasteiger partial charge in [0.05, 0.1) is 0 Å². The van der Waals surface area contributed by atoms with Crippen LogP contribution in [0, 0.1) is 6.92 Å². The predicted octanol–water partition coefficient (Wildman–Crippen LogP) is 5.67. The van der Waals surface area contributed by atoms with Gasteiger partial charge in [-0.05, 0) is 48.4 Å². The van der Waals surface area contributed by atoms with E-state index in [0.717, 1.165) is 0 Å². The second kappa shape index (κ2) is 8.57. The molecule has 0 unspecified atom stereocenters. The molecule has 0 saturated carbocycles. The molecule has 98 valence electrons. The zero-order valence-corrected chi connectivity index (χ0v) is 15.3. The summed E-state index contributed by atoms with van der Waals surface area (Å²) in [5.41, 5.74) is 7.72. The van der Waals surface area contributed by atoms with Gasteiger partial charge in [-0.1, -0.05) is 44.1 Å². The van der Waals surface area contributed by atoms with Crippen LogP contribution in [0.1, 0.15) is 48.9 Å². The molecule has 1 aromatic carbocycles. The summed E-state index contributed by atoms with van der Waals surface area (Å²) in [5, 5.41) is 0. The number of fused-ring (bicyclic) bond motifs is 1. The van der Waals surface area contributed by atoms with E-state index in [9.17, 15) is 0 Å². The Morgan fingerprint density at radius 1 is 1.22 bits per heavy atom. The third kappa shape index (κ3) is 4.22. The van der Waals surface area contributed by atoms with Crippen LogP contribution in [0.15, 0.2) is 17.7 Å². The van der Waals surface area contributed by atoms with Gasteiger partial charge in [0.2, 0.25) is 0 Å². The van der Waals surface area contributed by atoms with Gasteiger partial charge < -0.3 is 0 Å². The molecule has 1 aromatic rings. The molecule has 18 heavy (non-hydrogen) atoms. The van der Waals surface area contributed by atoms with Crippen molar-refractivity contribution in [2.75, 3.05) is 0 Å². The van der Waals surface area contributed by atoms with Crippen molar-refractivity contribution in [2.24, 2.45) is 0 Å². The minimum absolute atomic E-state index is 0.826. The molecular formula is C15H20Cl2Zr. The van der Waals surface area contributed by atoms with Crippen LogP contribution in [0.5, 0.6) is 0 Å². The number of hydrogen-bond donors (Lipinski definition) is 0. The summed E-state index contributed by atoms with van der Waals surface area (Å²) in [6, 6.07) is 4.60. The molecule has 0 atom stereocenters. The van der Waals surface area contributed by atoms with Crippen molar-refractivity contribution < 1.29 is 20.8 Å². The van der Waals surface area contributed by atoms with Gasteiger partial charge in [-0.25, -0.2) is 0 Å². The summed E-state index contributed by atoms with van der Waals surface area (Å²) >= 11 is -0.826. The van der Waals surface area contributed by atoms with Crippen molar-refractivity contribution in [2.45, 2.75) is 46.5 Å². The second-order valence-electron chi connectivity index (χ2n) is 4.59. The molecule has 0 heterocycles. The van der Waals surface area contributed by atoms with E-state index in [2.05, 4.69) is 39.0 Å². The third-order valence-electron chi connectivity index (χ3n) is 3.41. The van der Waals surface area contributed by atoms with Gasteiger partial charge in [0.25, 0.3) is 0 Å². The SMILES string of the molecule is CCCc1ccc(C)c2c1C=C(CC)C2.[Cl][Zr][Cl]. The number of benzene rings is 1. The molecule has 0 nitrogen and oxygen atoms in total. The number of halogens is 2. The standard InChI is InChI=1S/C15H20.2ClH.Zr/c1-4-6-13-8-7-11(3)14-9-12(5-2)10-15(13)14;;;/h7-8,10H,4-6,9H2,1-3H3;2*1H;/q;;;+2/p-2. The van der Waals surface area contributed by atoms with E-state index >= 15 is 0 Å². The van der Waals surface area contributed by atoms with Gasteiger partial charge in [0, 0.05) is 0 Å². The molecule has 0 N–H and O–H groups in total. The first-order valence-corrected chi connectivity index (χ1v) is 12.8. The van der Waals surface area contributed by atoms with Crippen molar-refractivity contribution in [1.82, 2.24) is 0 Å². The Morgan fingerprint density at radius 2 is 1.89 bits per heavy atom. The molecule has 0 bridgehead atoms. The Bertz CT molecular complexity index is 425. The normalized spacial score (nSPS) is 12.4. The second-order valence-corrected chi connectivity index (χ2v) is 8.32. The van der Waals surface area contributed by atoms with Crippen LogP contribution in [0.4, 0.5) is 0 Å². The summed E-state index contributed by atoms with van der Waals surface area (Å²) < 4.78 is 0. The molecule has 1 aliphatic rings. The van der Waals surface area contributed by atoms with Gasteiger partial charge in [-0.2, -0.15) is 0 Å². The molecule has 0 radical (unpaired) electrons. The molecular weight excluding hydrogens is 342 g/mol. The van der Waals surface area contributed by atoms with Crippen LogP contribution in [-0.4, -0.2) is 0 Å². The zero-order chi connectivity index (χ0) is 13.5. The van der Waals surface area contributed by atoms with Crippen LogP contribution >= 0.6 is 17.0 Å². The monoisotopic (exact) mass is 360 g/mol. The van der Waals surface area contributed by atoms with E-state index in [1.54, 1.807) is 16.7 Å². The average Bonchev–Trinajstić information content (AvgIpc) is 2.79. The summed E-state index contributed by atoms with van der Waals surface area (Å²) in [6.07, 6.45) is 7.27. The Morgan fingerprint density at radius 3 is 2.44 bits per heavy atom. The van der Waals surface area contributed by atoms with Gasteiger partial charge in [-0.15, -0.1) is 0 Å². The van der Waals surface area contributed by atoms with Gasteiger partial charge >= 0.3 is 37.9 Å². The first-order valence-electron chi connectivity index (χ1n) is 6.44. The molecule has 0 aliphatic heterocycles. The van der Waals surface area contributed by atoms with Crippen molar-refractivity contribution in [3.05, 3.63) is 40.0 Å². The molecule has 0 spiro atoms. The molecule has 0 saturated heterocycles. The predicted molar refractivity (Wildman–Crippen MR) is 78.9 cm³/mol. The maximum atomic E-state index is 4.93. The molecule has 1 aliphatic carbocycles. The Balaban J connectivity index is 0.000000492. The zero-order valence-electron chi connectivity index (χ0n) is 11.3. The average molecular weight is 362 g/mol. The van der Waals surface area contributed by atoms with Crippen LogP contribution < -0.4 is 0 Å². The maximum absolute atomic E-state index is 4.93. The van der Waals surface area contributed by atoms with E-state index in [-0.39, 0.29) is 0 Å². The van der Waals surface area contributed by atoms with E-state index in [4.69, 9.17) is 17.0 Å². The van der Waals surface area contributed by atoms with Crippen molar-refractivity contribution >= 4 is 23.1 Å². The number of rotatable bonds is 3. The Labute approximate surface area is 129 Å². The quantitative estimate of drug-likeness (QED) is 0.649. The van der Waals surface area contributed by atoms with E-state index in [1.165, 1.54) is 36.8 Å². The minimum atomic E-state index is -0.826. The summed E-state index contributed by atoms with van der Waals surface area (Å²) in [4.78, 5) is 0. The van der Waals surface area contributed by atoms with E-state index in [1.807, 2.05) is 0 Å². The molecule has 0 fully saturated rings. The Kier molecular flexibility index (Phi) is 7.84.